The van der Waals surface area contributed by atoms with Crippen LogP contribution in [0.4, 0.5) is 0 Å². The number of carbonyl (C=O) groups excluding carboxylic acids is 2. The summed E-state index contributed by atoms with van der Waals surface area (Å²) >= 11 is 0. The molecule has 0 fully saturated rings. The van der Waals surface area contributed by atoms with Crippen molar-refractivity contribution in [1.82, 2.24) is 10.6 Å². The summed E-state index contributed by atoms with van der Waals surface area (Å²) in [7, 11) is 2.95. The summed E-state index contributed by atoms with van der Waals surface area (Å²) in [6.45, 7) is 2.82. The van der Waals surface area contributed by atoms with E-state index in [0.29, 0.717) is 19.7 Å². The molecule has 116 valence electrons. The van der Waals surface area contributed by atoms with Gasteiger partial charge in [-0.2, -0.15) is 0 Å². The first kappa shape index (κ1) is 17.1. The minimum absolute atomic E-state index is 0.269. The molecule has 1 unspecified atom stereocenters. The van der Waals surface area contributed by atoms with Crippen molar-refractivity contribution < 1.29 is 19.1 Å². The molecule has 0 saturated carbocycles. The molecule has 1 rings (SSSR count). The zero-order valence-corrected chi connectivity index (χ0v) is 12.6. The van der Waals surface area contributed by atoms with Crippen LogP contribution in [0.2, 0.25) is 0 Å². The molecule has 0 aliphatic carbocycles. The Morgan fingerprint density at radius 2 is 1.95 bits per heavy atom. The number of rotatable bonds is 8. The Hall–Kier alpha value is -1.92. The molecule has 0 aromatic heterocycles. The summed E-state index contributed by atoms with van der Waals surface area (Å²) < 4.78 is 9.74. The van der Waals surface area contributed by atoms with Crippen LogP contribution < -0.4 is 10.6 Å². The van der Waals surface area contributed by atoms with E-state index in [-0.39, 0.29) is 5.91 Å². The molecule has 0 bridgehead atoms. The van der Waals surface area contributed by atoms with Crippen LogP contribution >= 0.6 is 0 Å². The molecular formula is C15H22N2O4. The number of methoxy groups -OCH3 is 2. The van der Waals surface area contributed by atoms with Crippen LogP contribution in [0.5, 0.6) is 0 Å². The molecule has 6 heteroatoms. The summed E-state index contributed by atoms with van der Waals surface area (Å²) in [5, 5.41) is 5.69. The van der Waals surface area contributed by atoms with Gasteiger partial charge in [0.05, 0.1) is 13.7 Å². The zero-order valence-electron chi connectivity index (χ0n) is 12.6. The fourth-order valence-electron chi connectivity index (χ4n) is 1.94. The monoisotopic (exact) mass is 294 g/mol. The predicted molar refractivity (Wildman–Crippen MR) is 78.5 cm³/mol. The number of nitrogens with one attached hydrogen (secondary N) is 2. The molecule has 0 heterocycles. The first-order valence-electron chi connectivity index (χ1n) is 6.69. The largest absolute Gasteiger partial charge is 0.467 e. The molecule has 1 aromatic rings. The number of esters is 1. The maximum atomic E-state index is 11.5. The highest BCUT2D eigenvalue weighted by atomic mass is 16.5. The van der Waals surface area contributed by atoms with E-state index in [2.05, 4.69) is 15.4 Å². The van der Waals surface area contributed by atoms with Gasteiger partial charge in [0.2, 0.25) is 5.91 Å². The van der Waals surface area contributed by atoms with Crippen molar-refractivity contribution in [3.8, 4) is 0 Å². The lowest BCUT2D eigenvalue weighted by atomic mass is 10.1. The quantitative estimate of drug-likeness (QED) is 0.687. The van der Waals surface area contributed by atoms with Gasteiger partial charge in [0.15, 0.2) is 0 Å². The van der Waals surface area contributed by atoms with E-state index < -0.39 is 12.0 Å². The summed E-state index contributed by atoms with van der Waals surface area (Å²) in [6, 6.07) is 7.27. The summed E-state index contributed by atoms with van der Waals surface area (Å²) in [5.41, 5.74) is 2.17. The third-order valence-electron chi connectivity index (χ3n) is 2.84. The highest BCUT2D eigenvalue weighted by molar-refractivity contribution is 5.83. The maximum Gasteiger partial charge on any atom is 0.329 e. The Labute approximate surface area is 124 Å². The first-order chi connectivity index (χ1) is 10.1. The lowest BCUT2D eigenvalue weighted by Gasteiger charge is -2.16. The number of hydrogen-bond acceptors (Lipinski definition) is 5. The molecule has 0 saturated heterocycles. The molecule has 0 spiro atoms. The number of benzene rings is 1. The second kappa shape index (κ2) is 9.10. The highest BCUT2D eigenvalue weighted by Crippen LogP contribution is 2.06. The average molecular weight is 294 g/mol. The van der Waals surface area contributed by atoms with E-state index in [1.54, 1.807) is 7.11 Å². The average Bonchev–Trinajstić information content (AvgIpc) is 2.46. The smallest absolute Gasteiger partial charge is 0.329 e. The standard InChI is InChI=1S/C15H22N2O4/c1-11(18)17-14(15(19)21-3)9-16-8-12-5-4-6-13(7-12)10-20-2/h4-7,14,16H,8-10H2,1-3H3,(H,17,18). The SMILES string of the molecule is COCc1cccc(CNCC(NC(C)=O)C(=O)OC)c1. The van der Waals surface area contributed by atoms with Crippen LogP contribution in [-0.4, -0.2) is 38.7 Å². The van der Waals surface area contributed by atoms with Crippen LogP contribution in [0.15, 0.2) is 24.3 Å². The molecule has 0 aliphatic rings. The normalized spacial score (nSPS) is 11.8. The fraction of sp³-hybridized carbons (Fsp3) is 0.467. The fourth-order valence-corrected chi connectivity index (χ4v) is 1.94. The van der Waals surface area contributed by atoms with Gasteiger partial charge in [0, 0.05) is 27.1 Å². The van der Waals surface area contributed by atoms with E-state index in [1.165, 1.54) is 14.0 Å². The van der Waals surface area contributed by atoms with Crippen molar-refractivity contribution in [3.05, 3.63) is 35.4 Å². The number of ether oxygens (including phenoxy) is 2. The molecule has 6 nitrogen and oxygen atoms in total. The molecule has 21 heavy (non-hydrogen) atoms. The van der Waals surface area contributed by atoms with E-state index in [0.717, 1.165) is 11.1 Å². The minimum atomic E-state index is -0.686. The van der Waals surface area contributed by atoms with Crippen molar-refractivity contribution >= 4 is 11.9 Å². The van der Waals surface area contributed by atoms with Gasteiger partial charge in [-0.25, -0.2) is 4.79 Å². The Bertz CT molecular complexity index is 476. The Morgan fingerprint density at radius 1 is 1.24 bits per heavy atom. The second-order valence-corrected chi connectivity index (χ2v) is 4.66. The Kier molecular flexibility index (Phi) is 7.42. The van der Waals surface area contributed by atoms with Crippen molar-refractivity contribution in [1.29, 1.82) is 0 Å². The molecule has 0 radical (unpaired) electrons. The summed E-state index contributed by atoms with van der Waals surface area (Å²) in [5.74, 6) is -0.736. The van der Waals surface area contributed by atoms with E-state index >= 15 is 0 Å². The topological polar surface area (TPSA) is 76.7 Å². The molecule has 1 amide bonds. The van der Waals surface area contributed by atoms with E-state index in [4.69, 9.17) is 4.74 Å². The lowest BCUT2D eigenvalue weighted by molar-refractivity contribution is -0.144. The molecule has 0 aliphatic heterocycles. The maximum absolute atomic E-state index is 11.5. The molecule has 1 atom stereocenters. The van der Waals surface area contributed by atoms with Crippen molar-refractivity contribution in [2.24, 2.45) is 0 Å². The zero-order chi connectivity index (χ0) is 15.7. The third kappa shape index (κ3) is 6.37. The van der Waals surface area contributed by atoms with Crippen LogP contribution in [0.1, 0.15) is 18.1 Å². The van der Waals surface area contributed by atoms with Gasteiger partial charge >= 0.3 is 5.97 Å². The van der Waals surface area contributed by atoms with Gasteiger partial charge in [-0.3, -0.25) is 4.79 Å². The molecular weight excluding hydrogens is 272 g/mol. The van der Waals surface area contributed by atoms with Gasteiger partial charge in [-0.15, -0.1) is 0 Å². The minimum Gasteiger partial charge on any atom is -0.467 e. The predicted octanol–water partition coefficient (Wildman–Crippen LogP) is 0.600. The van der Waals surface area contributed by atoms with E-state index in [1.807, 2.05) is 24.3 Å². The lowest BCUT2D eigenvalue weighted by Crippen LogP contribution is -2.46. The summed E-state index contributed by atoms with van der Waals surface area (Å²) in [6.07, 6.45) is 0. The van der Waals surface area contributed by atoms with Gasteiger partial charge in [-0.1, -0.05) is 24.3 Å². The van der Waals surface area contributed by atoms with Crippen molar-refractivity contribution in [3.63, 3.8) is 0 Å². The Morgan fingerprint density at radius 3 is 2.57 bits per heavy atom. The first-order valence-corrected chi connectivity index (χ1v) is 6.69. The molecule has 2 N–H and O–H groups in total. The number of hydrogen-bond donors (Lipinski definition) is 2. The summed E-state index contributed by atoms with van der Waals surface area (Å²) in [4.78, 5) is 22.6. The van der Waals surface area contributed by atoms with Crippen LogP contribution in [-0.2, 0) is 32.2 Å². The Balaban J connectivity index is 2.51. The van der Waals surface area contributed by atoms with Gasteiger partial charge < -0.3 is 20.1 Å². The van der Waals surface area contributed by atoms with Crippen molar-refractivity contribution in [2.75, 3.05) is 20.8 Å². The van der Waals surface area contributed by atoms with Crippen LogP contribution in [0.3, 0.4) is 0 Å². The van der Waals surface area contributed by atoms with Crippen LogP contribution in [0, 0.1) is 0 Å². The van der Waals surface area contributed by atoms with E-state index in [9.17, 15) is 9.59 Å². The van der Waals surface area contributed by atoms with Gasteiger partial charge in [0.1, 0.15) is 6.04 Å². The van der Waals surface area contributed by atoms with Gasteiger partial charge in [-0.05, 0) is 11.1 Å². The highest BCUT2D eigenvalue weighted by Gasteiger charge is 2.19. The van der Waals surface area contributed by atoms with Gasteiger partial charge in [0.25, 0.3) is 0 Å². The third-order valence-corrected chi connectivity index (χ3v) is 2.84. The number of amides is 1. The van der Waals surface area contributed by atoms with Crippen molar-refractivity contribution in [2.45, 2.75) is 26.1 Å². The van der Waals surface area contributed by atoms with Crippen LogP contribution in [0.25, 0.3) is 0 Å². The number of carbonyl (C=O) groups is 2. The second-order valence-electron chi connectivity index (χ2n) is 4.66. The molecule has 1 aromatic carbocycles.